The van der Waals surface area contributed by atoms with Gasteiger partial charge in [-0.2, -0.15) is 0 Å². The Labute approximate surface area is 62.2 Å². The lowest BCUT2D eigenvalue weighted by molar-refractivity contribution is 0.166. The molecule has 60 valence electrons. The van der Waals surface area contributed by atoms with Crippen molar-refractivity contribution in [3.05, 3.63) is 12.2 Å². The van der Waals surface area contributed by atoms with Crippen LogP contribution < -0.4 is 11.3 Å². The molecule has 3 heteroatoms. The number of nitrogens with two attached hydrogens (primary N) is 1. The molecule has 0 amide bonds. The molecule has 0 aromatic heterocycles. The predicted octanol–water partition coefficient (Wildman–Crippen LogP) is 0.431. The molecule has 0 aromatic carbocycles. The third-order valence-electron chi connectivity index (χ3n) is 1.20. The van der Waals surface area contributed by atoms with Gasteiger partial charge in [-0.3, -0.25) is 11.3 Å². The summed E-state index contributed by atoms with van der Waals surface area (Å²) < 4.78 is 4.91. The molecule has 0 aliphatic rings. The van der Waals surface area contributed by atoms with Crippen molar-refractivity contribution >= 4 is 0 Å². The van der Waals surface area contributed by atoms with Crippen LogP contribution in [0, 0.1) is 0 Å². The predicted molar refractivity (Wildman–Crippen MR) is 42.4 cm³/mol. The number of hydrogen-bond donors (Lipinski definition) is 2. The van der Waals surface area contributed by atoms with Gasteiger partial charge in [-0.15, -0.1) is 6.58 Å². The van der Waals surface area contributed by atoms with Crippen molar-refractivity contribution in [2.45, 2.75) is 19.4 Å². The molecule has 0 aliphatic carbocycles. The largest absolute Gasteiger partial charge is 0.383 e. The molecule has 0 aliphatic heterocycles. The Morgan fingerprint density at radius 2 is 2.40 bits per heavy atom. The Bertz CT molecular complexity index is 104. The van der Waals surface area contributed by atoms with Gasteiger partial charge in [0.25, 0.3) is 0 Å². The molecule has 3 nitrogen and oxygen atoms in total. The van der Waals surface area contributed by atoms with Crippen molar-refractivity contribution in [1.29, 1.82) is 0 Å². The van der Waals surface area contributed by atoms with Crippen LogP contribution in [0.3, 0.4) is 0 Å². The second-order valence-electron chi connectivity index (χ2n) is 2.48. The van der Waals surface area contributed by atoms with Crippen molar-refractivity contribution in [1.82, 2.24) is 5.43 Å². The van der Waals surface area contributed by atoms with Crippen LogP contribution in [0.5, 0.6) is 0 Å². The normalized spacial score (nSPS) is 13.1. The maximum atomic E-state index is 5.24. The zero-order valence-electron chi connectivity index (χ0n) is 6.68. The van der Waals surface area contributed by atoms with Crippen molar-refractivity contribution in [2.75, 3.05) is 13.7 Å². The van der Waals surface area contributed by atoms with E-state index in [0.717, 1.165) is 12.0 Å². The van der Waals surface area contributed by atoms with Crippen LogP contribution in [-0.2, 0) is 4.74 Å². The topological polar surface area (TPSA) is 47.3 Å². The zero-order chi connectivity index (χ0) is 7.98. The summed E-state index contributed by atoms with van der Waals surface area (Å²) in [7, 11) is 1.66. The molecule has 0 aromatic rings. The van der Waals surface area contributed by atoms with Gasteiger partial charge in [-0.05, 0) is 13.3 Å². The number of ether oxygens (including phenoxy) is 1. The van der Waals surface area contributed by atoms with Crippen molar-refractivity contribution < 1.29 is 4.74 Å². The van der Waals surface area contributed by atoms with Crippen LogP contribution in [0.15, 0.2) is 12.2 Å². The van der Waals surface area contributed by atoms with E-state index in [2.05, 4.69) is 12.0 Å². The highest BCUT2D eigenvalue weighted by Gasteiger charge is 2.04. The second kappa shape index (κ2) is 5.41. The van der Waals surface area contributed by atoms with E-state index in [1.807, 2.05) is 6.92 Å². The summed E-state index contributed by atoms with van der Waals surface area (Å²) in [5, 5.41) is 0. The minimum atomic E-state index is 0.197. The molecular formula is C7H16N2O. The molecular weight excluding hydrogens is 128 g/mol. The Balaban J connectivity index is 3.49. The molecule has 0 fully saturated rings. The van der Waals surface area contributed by atoms with E-state index in [1.165, 1.54) is 0 Å². The Kier molecular flexibility index (Phi) is 5.20. The lowest BCUT2D eigenvalue weighted by Crippen LogP contribution is -2.38. The molecule has 0 spiro atoms. The van der Waals surface area contributed by atoms with E-state index < -0.39 is 0 Å². The van der Waals surface area contributed by atoms with Gasteiger partial charge in [0.1, 0.15) is 0 Å². The van der Waals surface area contributed by atoms with Gasteiger partial charge in [-0.1, -0.05) is 5.57 Å². The summed E-state index contributed by atoms with van der Waals surface area (Å²) in [4.78, 5) is 0. The Hall–Kier alpha value is -0.380. The lowest BCUT2D eigenvalue weighted by Gasteiger charge is -2.13. The average Bonchev–Trinajstić information content (AvgIpc) is 1.86. The summed E-state index contributed by atoms with van der Waals surface area (Å²) in [6.45, 7) is 6.37. The van der Waals surface area contributed by atoms with Crippen molar-refractivity contribution in [2.24, 2.45) is 5.84 Å². The summed E-state index contributed by atoms with van der Waals surface area (Å²) in [5.74, 6) is 5.24. The summed E-state index contributed by atoms with van der Waals surface area (Å²) in [5.41, 5.74) is 3.76. The molecule has 0 saturated carbocycles. The molecule has 0 bridgehead atoms. The average molecular weight is 144 g/mol. The molecule has 1 unspecified atom stereocenters. The van der Waals surface area contributed by atoms with Gasteiger partial charge in [0.15, 0.2) is 0 Å². The molecule has 0 heterocycles. The highest BCUT2D eigenvalue weighted by atomic mass is 16.5. The van der Waals surface area contributed by atoms with Crippen molar-refractivity contribution in [3.63, 3.8) is 0 Å². The second-order valence-corrected chi connectivity index (χ2v) is 2.48. The standard InChI is InChI=1S/C7H16N2O/c1-6(2)4-7(9-8)5-10-3/h7,9H,1,4-5,8H2,2-3H3. The van der Waals surface area contributed by atoms with Gasteiger partial charge < -0.3 is 4.74 Å². The summed E-state index contributed by atoms with van der Waals surface area (Å²) >= 11 is 0. The first-order valence-corrected chi connectivity index (χ1v) is 3.30. The lowest BCUT2D eigenvalue weighted by atomic mass is 10.1. The van der Waals surface area contributed by atoms with Gasteiger partial charge >= 0.3 is 0 Å². The highest BCUT2D eigenvalue weighted by Crippen LogP contribution is 2.00. The maximum absolute atomic E-state index is 5.24. The Morgan fingerprint density at radius 3 is 2.70 bits per heavy atom. The first-order valence-electron chi connectivity index (χ1n) is 3.30. The molecule has 3 N–H and O–H groups in total. The van der Waals surface area contributed by atoms with Crippen LogP contribution >= 0.6 is 0 Å². The van der Waals surface area contributed by atoms with Gasteiger partial charge in [0, 0.05) is 13.2 Å². The SMILES string of the molecule is C=C(C)CC(COC)NN. The molecule has 1 atom stereocenters. The first kappa shape index (κ1) is 9.62. The van der Waals surface area contributed by atoms with E-state index in [-0.39, 0.29) is 6.04 Å². The van der Waals surface area contributed by atoms with E-state index >= 15 is 0 Å². The van der Waals surface area contributed by atoms with Crippen LogP contribution in [0.25, 0.3) is 0 Å². The molecule has 0 saturated heterocycles. The van der Waals surface area contributed by atoms with Gasteiger partial charge in [0.2, 0.25) is 0 Å². The van der Waals surface area contributed by atoms with E-state index in [0.29, 0.717) is 6.61 Å². The summed E-state index contributed by atoms with van der Waals surface area (Å²) in [6.07, 6.45) is 0.865. The Morgan fingerprint density at radius 1 is 1.80 bits per heavy atom. The molecule has 0 rings (SSSR count). The number of methoxy groups -OCH3 is 1. The minimum Gasteiger partial charge on any atom is -0.383 e. The summed E-state index contributed by atoms with van der Waals surface area (Å²) in [6, 6.07) is 0.197. The molecule has 10 heavy (non-hydrogen) atoms. The van der Waals surface area contributed by atoms with Crippen molar-refractivity contribution in [3.8, 4) is 0 Å². The number of nitrogens with one attached hydrogen (secondary N) is 1. The monoisotopic (exact) mass is 144 g/mol. The van der Waals surface area contributed by atoms with Crippen LogP contribution in [0.1, 0.15) is 13.3 Å². The van der Waals surface area contributed by atoms with Gasteiger partial charge in [-0.25, -0.2) is 0 Å². The van der Waals surface area contributed by atoms with E-state index in [4.69, 9.17) is 10.6 Å². The van der Waals surface area contributed by atoms with Crippen LogP contribution in [0.4, 0.5) is 0 Å². The number of hydrazine groups is 1. The third kappa shape index (κ3) is 4.49. The zero-order valence-corrected chi connectivity index (χ0v) is 6.68. The quantitative estimate of drug-likeness (QED) is 0.334. The molecule has 0 radical (unpaired) electrons. The highest BCUT2D eigenvalue weighted by molar-refractivity contribution is 4.92. The van der Waals surface area contributed by atoms with Crippen LogP contribution in [0.2, 0.25) is 0 Å². The van der Waals surface area contributed by atoms with Crippen LogP contribution in [-0.4, -0.2) is 19.8 Å². The van der Waals surface area contributed by atoms with Gasteiger partial charge in [0.05, 0.1) is 6.61 Å². The maximum Gasteiger partial charge on any atom is 0.0632 e. The number of rotatable bonds is 5. The first-order chi connectivity index (χ1) is 4.70. The smallest absolute Gasteiger partial charge is 0.0632 e. The number of hydrogen-bond acceptors (Lipinski definition) is 3. The minimum absolute atomic E-state index is 0.197. The van der Waals surface area contributed by atoms with E-state index in [1.54, 1.807) is 7.11 Å². The van der Waals surface area contributed by atoms with E-state index in [9.17, 15) is 0 Å². The fraction of sp³-hybridized carbons (Fsp3) is 0.714. The third-order valence-corrected chi connectivity index (χ3v) is 1.20. The fourth-order valence-corrected chi connectivity index (χ4v) is 0.788. The fourth-order valence-electron chi connectivity index (χ4n) is 0.788.